The first kappa shape index (κ1) is 18.8. The average molecular weight is 369 g/mol. The molecule has 1 aromatic carbocycles. The van der Waals surface area contributed by atoms with Crippen LogP contribution in [0.15, 0.2) is 36.4 Å². The molecule has 2 aliphatic rings. The van der Waals surface area contributed by atoms with E-state index in [1.807, 2.05) is 11.3 Å². The van der Waals surface area contributed by atoms with Gasteiger partial charge in [-0.25, -0.2) is 9.56 Å². The maximum absolute atomic E-state index is 4.89. The van der Waals surface area contributed by atoms with E-state index < -0.39 is 0 Å². The Morgan fingerprint density at radius 1 is 0.962 bits per heavy atom. The van der Waals surface area contributed by atoms with Crippen LogP contribution in [0.3, 0.4) is 0 Å². The van der Waals surface area contributed by atoms with Crippen LogP contribution < -0.4 is 14.8 Å². The molecule has 0 spiro atoms. The van der Waals surface area contributed by atoms with Crippen molar-refractivity contribution in [1.82, 2.24) is 9.56 Å². The minimum Gasteiger partial charge on any atom is -0.367 e. The van der Waals surface area contributed by atoms with Crippen LogP contribution >= 0.6 is 11.3 Å². The van der Waals surface area contributed by atoms with Crippen molar-refractivity contribution in [3.8, 4) is 10.6 Å². The molecule has 1 aliphatic heterocycles. The number of rotatable bonds is 5. The third kappa shape index (κ3) is 3.61. The summed E-state index contributed by atoms with van der Waals surface area (Å²) in [5.41, 5.74) is 3.44. The second-order valence-electron chi connectivity index (χ2n) is 7.28. The van der Waals surface area contributed by atoms with Crippen molar-refractivity contribution in [2.24, 2.45) is 0 Å². The number of aromatic nitrogens is 1. The van der Waals surface area contributed by atoms with E-state index in [1.54, 1.807) is 0 Å². The number of hydrogen-bond acceptors (Lipinski definition) is 3. The molecule has 138 valence electrons. The number of fused-ring (bicyclic) bond motifs is 2. The summed E-state index contributed by atoms with van der Waals surface area (Å²) in [5, 5.41) is 1.28. The van der Waals surface area contributed by atoms with Crippen molar-refractivity contribution in [3.63, 3.8) is 0 Å². The van der Waals surface area contributed by atoms with Gasteiger partial charge in [0.15, 0.2) is 0 Å². The van der Waals surface area contributed by atoms with Crippen LogP contribution in [-0.4, -0.2) is 30.2 Å². The van der Waals surface area contributed by atoms with Gasteiger partial charge >= 0.3 is 0 Å². The fourth-order valence-corrected chi connectivity index (χ4v) is 4.77. The van der Waals surface area contributed by atoms with E-state index in [0.29, 0.717) is 12.1 Å². The van der Waals surface area contributed by atoms with Gasteiger partial charge < -0.3 is 4.90 Å². The Balaban J connectivity index is 2.19. The summed E-state index contributed by atoms with van der Waals surface area (Å²) < 4.78 is 3.63. The van der Waals surface area contributed by atoms with E-state index in [0.717, 1.165) is 24.3 Å². The van der Waals surface area contributed by atoms with E-state index in [2.05, 4.69) is 87.4 Å². The molecule has 0 bridgehead atoms. The molecule has 0 saturated carbocycles. The Hall–Kier alpha value is -1.94. The van der Waals surface area contributed by atoms with Crippen molar-refractivity contribution in [2.45, 2.75) is 53.6 Å². The Morgan fingerprint density at radius 2 is 1.65 bits per heavy atom. The third-order valence-corrected chi connectivity index (χ3v) is 5.98. The lowest BCUT2D eigenvalue weighted by Crippen LogP contribution is -2.36. The van der Waals surface area contributed by atoms with Crippen molar-refractivity contribution < 1.29 is 0 Å². The van der Waals surface area contributed by atoms with Gasteiger partial charge in [0.25, 0.3) is 0 Å². The highest BCUT2D eigenvalue weighted by Crippen LogP contribution is 2.32. The van der Waals surface area contributed by atoms with E-state index in [4.69, 9.17) is 4.98 Å². The maximum atomic E-state index is 4.89. The molecule has 0 saturated heterocycles. The van der Waals surface area contributed by atoms with Gasteiger partial charge in [-0.1, -0.05) is 0 Å². The third-order valence-electron chi connectivity index (χ3n) is 4.89. The smallest absolute Gasteiger partial charge is 0.201 e. The zero-order valence-electron chi connectivity index (χ0n) is 16.8. The van der Waals surface area contributed by atoms with Crippen molar-refractivity contribution in [3.05, 3.63) is 41.8 Å². The first-order valence-electron chi connectivity index (χ1n) is 9.65. The molecule has 1 aliphatic carbocycles. The molecule has 0 fully saturated rings. The topological polar surface area (TPSA) is 19.1 Å². The standard InChI is InChI=1S/C22H30N3S/c1-7-24(8-2)17-9-11-19-21(13-17)26-22-14-18(10-12-20(22)23-19)25(15(3)4)16(5)6/h9-16H,7-8H2,1-6H3/q+1. The molecule has 0 radical (unpaired) electrons. The molecule has 3 nitrogen and oxygen atoms in total. The summed E-state index contributed by atoms with van der Waals surface area (Å²) in [7, 11) is 0. The van der Waals surface area contributed by atoms with Crippen LogP contribution in [0.1, 0.15) is 41.5 Å². The zero-order valence-corrected chi connectivity index (χ0v) is 17.6. The van der Waals surface area contributed by atoms with Gasteiger partial charge in [-0.3, -0.25) is 0 Å². The normalized spacial score (nSPS) is 11.7. The van der Waals surface area contributed by atoms with Crippen molar-refractivity contribution >= 4 is 27.2 Å². The molecule has 0 atom stereocenters. The van der Waals surface area contributed by atoms with Gasteiger partial charge in [0, 0.05) is 29.9 Å². The van der Waals surface area contributed by atoms with Crippen molar-refractivity contribution in [1.29, 1.82) is 0 Å². The highest BCUT2D eigenvalue weighted by Gasteiger charge is 2.16. The molecule has 0 aromatic heterocycles. The highest BCUT2D eigenvalue weighted by atomic mass is 32.1. The second-order valence-corrected chi connectivity index (χ2v) is 8.37. The van der Waals surface area contributed by atoms with Crippen molar-refractivity contribution in [2.75, 3.05) is 18.0 Å². The molecule has 0 unspecified atom stereocenters. The number of anilines is 1. The van der Waals surface area contributed by atoms with E-state index in [9.17, 15) is 0 Å². The quantitative estimate of drug-likeness (QED) is 0.474. The monoisotopic (exact) mass is 368 g/mol. The second kappa shape index (κ2) is 7.75. The van der Waals surface area contributed by atoms with Gasteiger partial charge in [0.2, 0.25) is 5.36 Å². The van der Waals surface area contributed by atoms with E-state index >= 15 is 0 Å². The minimum atomic E-state index is 0.472. The molecule has 0 N–H and O–H groups in total. The van der Waals surface area contributed by atoms with Gasteiger partial charge in [-0.05, 0) is 65.8 Å². The van der Waals surface area contributed by atoms with Crippen LogP contribution in [0, 0.1) is 0 Å². The fraction of sp³-hybridized carbons (Fsp3) is 0.455. The molecule has 4 heteroatoms. The average Bonchev–Trinajstić information content (AvgIpc) is 2.60. The Bertz CT molecular complexity index is 926. The molecule has 0 amide bonds. The van der Waals surface area contributed by atoms with Crippen LogP contribution in [0.5, 0.6) is 0 Å². The zero-order chi connectivity index (χ0) is 18.8. The molecule has 3 rings (SSSR count). The van der Waals surface area contributed by atoms with Gasteiger partial charge in [-0.15, -0.1) is 11.3 Å². The Kier molecular flexibility index (Phi) is 5.61. The lowest BCUT2D eigenvalue weighted by Gasteiger charge is -2.33. The highest BCUT2D eigenvalue weighted by molar-refractivity contribution is 7.21. The van der Waals surface area contributed by atoms with Crippen LogP contribution in [0.4, 0.5) is 5.69 Å². The van der Waals surface area contributed by atoms with Gasteiger partial charge in [0.05, 0.1) is 20.8 Å². The van der Waals surface area contributed by atoms with Gasteiger partial charge in [-0.2, -0.15) is 0 Å². The first-order chi connectivity index (χ1) is 12.4. The van der Waals surface area contributed by atoms with Gasteiger partial charge in [0.1, 0.15) is 13.1 Å². The first-order valence-corrected chi connectivity index (χ1v) is 10.5. The molecule has 1 aromatic rings. The van der Waals surface area contributed by atoms with E-state index in [-0.39, 0.29) is 0 Å². The van der Waals surface area contributed by atoms with Crippen LogP contribution in [-0.2, 0) is 0 Å². The summed E-state index contributed by atoms with van der Waals surface area (Å²) in [5.74, 6) is 0. The summed E-state index contributed by atoms with van der Waals surface area (Å²) in [6.07, 6.45) is 0. The SMILES string of the molecule is CC[N+](CC)=c1ccc2nc3ccc(N(C(C)C)C(C)C)cc3sc-2c1. The summed E-state index contributed by atoms with van der Waals surface area (Å²) in [6, 6.07) is 14.2. The lowest BCUT2D eigenvalue weighted by atomic mass is 10.1. The minimum absolute atomic E-state index is 0.472. The Labute approximate surface area is 161 Å². The lowest BCUT2D eigenvalue weighted by molar-refractivity contribution is 0.608. The number of nitrogens with zero attached hydrogens (tertiary/aromatic N) is 3. The van der Waals surface area contributed by atoms with Crippen LogP contribution in [0.25, 0.3) is 20.8 Å². The van der Waals surface area contributed by atoms with Crippen LogP contribution in [0.2, 0.25) is 0 Å². The summed E-state index contributed by atoms with van der Waals surface area (Å²) >= 11 is 1.84. The predicted molar refractivity (Wildman–Crippen MR) is 115 cm³/mol. The largest absolute Gasteiger partial charge is 0.367 e. The fourth-order valence-electron chi connectivity index (χ4n) is 3.74. The number of hydrogen-bond donors (Lipinski definition) is 0. The molecule has 1 heterocycles. The molecule has 26 heavy (non-hydrogen) atoms. The molecular weight excluding hydrogens is 338 g/mol. The Morgan fingerprint density at radius 3 is 2.27 bits per heavy atom. The summed E-state index contributed by atoms with van der Waals surface area (Å²) in [6.45, 7) is 15.5. The number of benzene rings is 2. The van der Waals surface area contributed by atoms with E-state index in [1.165, 1.54) is 20.6 Å². The molecular formula is C22H30N3S+. The predicted octanol–water partition coefficient (Wildman–Crippen LogP) is 4.84. The maximum Gasteiger partial charge on any atom is 0.201 e. The summed E-state index contributed by atoms with van der Waals surface area (Å²) in [4.78, 5) is 8.60.